The van der Waals surface area contributed by atoms with Crippen molar-refractivity contribution in [2.75, 3.05) is 27.2 Å². The zero-order valence-electron chi connectivity index (χ0n) is 14.3. The van der Waals surface area contributed by atoms with Gasteiger partial charge in [-0.05, 0) is 57.1 Å². The molecule has 0 heterocycles. The third kappa shape index (κ3) is 11.2. The molecular weight excluding hydrogens is 298 g/mol. The van der Waals surface area contributed by atoms with E-state index in [1.54, 1.807) is 0 Å². The molecule has 6 nitrogen and oxygen atoms in total. The first-order chi connectivity index (χ1) is 10.7. The fraction of sp³-hybridized carbons (Fsp3) is 0.529. The van der Waals surface area contributed by atoms with Crippen LogP contribution in [-0.4, -0.2) is 54.3 Å². The zero-order chi connectivity index (χ0) is 17.8. The highest BCUT2D eigenvalue weighted by Crippen LogP contribution is 2.20. The molecule has 0 fully saturated rings. The highest BCUT2D eigenvalue weighted by molar-refractivity contribution is 6.27. The van der Waals surface area contributed by atoms with Crippen molar-refractivity contribution in [2.24, 2.45) is 0 Å². The van der Waals surface area contributed by atoms with Crippen molar-refractivity contribution in [1.82, 2.24) is 4.90 Å². The van der Waals surface area contributed by atoms with Crippen LogP contribution in [0.1, 0.15) is 38.2 Å². The topological polar surface area (TPSA) is 87.1 Å². The molecule has 0 saturated carbocycles. The Morgan fingerprint density at radius 1 is 1.13 bits per heavy atom. The summed E-state index contributed by atoms with van der Waals surface area (Å²) in [5.74, 6) is -2.08. The van der Waals surface area contributed by atoms with E-state index in [0.29, 0.717) is 5.92 Å². The Hall–Kier alpha value is -2.08. The molecule has 0 aromatic heterocycles. The van der Waals surface area contributed by atoms with Gasteiger partial charge in [-0.1, -0.05) is 26.0 Å². The van der Waals surface area contributed by atoms with E-state index in [1.165, 1.54) is 12.0 Å². The summed E-state index contributed by atoms with van der Waals surface area (Å²) < 4.78 is 5.76. The molecule has 0 aliphatic rings. The lowest BCUT2D eigenvalue weighted by Gasteiger charge is -2.11. The minimum Gasteiger partial charge on any atom is -0.494 e. The maximum atomic E-state index is 9.10. The molecule has 0 amide bonds. The number of rotatable bonds is 7. The predicted octanol–water partition coefficient (Wildman–Crippen LogP) is 2.69. The average molecular weight is 325 g/mol. The van der Waals surface area contributed by atoms with Gasteiger partial charge in [0.05, 0.1) is 6.61 Å². The standard InChI is InChI=1S/C15H25NO.C2H2O4/c1-13(2)14-8-7-9-15(12-14)17-11-6-5-10-16(3)4;3-1(4)2(5)6/h7-9,12-13H,5-6,10-11H2,1-4H3;(H,3,4)(H,5,6). The van der Waals surface area contributed by atoms with E-state index < -0.39 is 11.9 Å². The first kappa shape index (κ1) is 20.9. The van der Waals surface area contributed by atoms with E-state index in [4.69, 9.17) is 24.5 Å². The van der Waals surface area contributed by atoms with Crippen LogP contribution in [0.2, 0.25) is 0 Å². The second kappa shape index (κ2) is 11.5. The molecule has 1 aromatic rings. The summed E-state index contributed by atoms with van der Waals surface area (Å²) in [5.41, 5.74) is 1.34. The summed E-state index contributed by atoms with van der Waals surface area (Å²) in [7, 11) is 4.21. The van der Waals surface area contributed by atoms with Crippen LogP contribution in [0, 0.1) is 0 Å². The summed E-state index contributed by atoms with van der Waals surface area (Å²) in [5, 5.41) is 14.8. The van der Waals surface area contributed by atoms with Gasteiger partial charge in [0.1, 0.15) is 5.75 Å². The van der Waals surface area contributed by atoms with Crippen LogP contribution in [0.15, 0.2) is 24.3 Å². The maximum Gasteiger partial charge on any atom is 0.414 e. The number of carboxylic acid groups (broad SMARTS) is 2. The summed E-state index contributed by atoms with van der Waals surface area (Å²) in [6, 6.07) is 8.42. The highest BCUT2D eigenvalue weighted by atomic mass is 16.5. The number of nitrogens with zero attached hydrogens (tertiary/aromatic N) is 1. The van der Waals surface area contributed by atoms with E-state index in [-0.39, 0.29) is 0 Å². The van der Waals surface area contributed by atoms with Crippen LogP contribution in [0.4, 0.5) is 0 Å². The highest BCUT2D eigenvalue weighted by Gasteiger charge is 2.04. The van der Waals surface area contributed by atoms with Crippen LogP contribution in [0.5, 0.6) is 5.75 Å². The maximum absolute atomic E-state index is 9.10. The number of benzene rings is 1. The van der Waals surface area contributed by atoms with E-state index >= 15 is 0 Å². The Bertz CT molecular complexity index is 474. The van der Waals surface area contributed by atoms with E-state index in [1.807, 2.05) is 6.07 Å². The lowest BCUT2D eigenvalue weighted by atomic mass is 10.0. The lowest BCUT2D eigenvalue weighted by Crippen LogP contribution is -2.13. The molecule has 130 valence electrons. The second-order valence-corrected chi connectivity index (χ2v) is 5.70. The summed E-state index contributed by atoms with van der Waals surface area (Å²) in [4.78, 5) is 20.4. The van der Waals surface area contributed by atoms with Crippen molar-refractivity contribution < 1.29 is 24.5 Å². The van der Waals surface area contributed by atoms with Crippen LogP contribution < -0.4 is 4.74 Å². The van der Waals surface area contributed by atoms with Crippen LogP contribution in [0.3, 0.4) is 0 Å². The summed E-state index contributed by atoms with van der Waals surface area (Å²) in [6.07, 6.45) is 2.31. The Balaban J connectivity index is 0.000000688. The number of hydrogen-bond donors (Lipinski definition) is 2. The zero-order valence-corrected chi connectivity index (χ0v) is 14.3. The molecule has 2 N–H and O–H groups in total. The molecule has 0 radical (unpaired) electrons. The Morgan fingerprint density at radius 3 is 2.22 bits per heavy atom. The third-order valence-corrected chi connectivity index (χ3v) is 2.98. The number of unbranched alkanes of at least 4 members (excludes halogenated alkanes) is 1. The number of carbonyl (C=O) groups is 2. The van der Waals surface area contributed by atoms with Crippen molar-refractivity contribution in [1.29, 1.82) is 0 Å². The molecule has 23 heavy (non-hydrogen) atoms. The predicted molar refractivity (Wildman–Crippen MR) is 89.1 cm³/mol. The molecule has 0 aliphatic heterocycles. The van der Waals surface area contributed by atoms with Crippen molar-refractivity contribution in [3.05, 3.63) is 29.8 Å². The minimum absolute atomic E-state index is 0.562. The normalized spacial score (nSPS) is 10.2. The fourth-order valence-corrected chi connectivity index (χ4v) is 1.68. The quantitative estimate of drug-likeness (QED) is 0.592. The van der Waals surface area contributed by atoms with Gasteiger partial charge in [0.2, 0.25) is 0 Å². The SMILES string of the molecule is CC(C)c1cccc(OCCCCN(C)C)c1.O=C(O)C(=O)O. The molecule has 6 heteroatoms. The smallest absolute Gasteiger partial charge is 0.414 e. The van der Waals surface area contributed by atoms with Gasteiger partial charge in [-0.3, -0.25) is 0 Å². The molecule has 0 unspecified atom stereocenters. The van der Waals surface area contributed by atoms with Crippen molar-refractivity contribution in [3.8, 4) is 5.75 Å². The molecule has 0 bridgehead atoms. The second-order valence-electron chi connectivity index (χ2n) is 5.70. The number of hydrogen-bond acceptors (Lipinski definition) is 4. The molecule has 1 aromatic carbocycles. The van der Waals surface area contributed by atoms with Crippen LogP contribution >= 0.6 is 0 Å². The monoisotopic (exact) mass is 325 g/mol. The minimum atomic E-state index is -1.82. The van der Waals surface area contributed by atoms with E-state index in [9.17, 15) is 0 Å². The first-order valence-corrected chi connectivity index (χ1v) is 7.57. The lowest BCUT2D eigenvalue weighted by molar-refractivity contribution is -0.159. The van der Waals surface area contributed by atoms with Crippen molar-refractivity contribution in [3.63, 3.8) is 0 Å². The van der Waals surface area contributed by atoms with Crippen molar-refractivity contribution in [2.45, 2.75) is 32.6 Å². The molecule has 0 aliphatic carbocycles. The van der Waals surface area contributed by atoms with Crippen LogP contribution in [-0.2, 0) is 9.59 Å². The fourth-order valence-electron chi connectivity index (χ4n) is 1.68. The average Bonchev–Trinajstić information content (AvgIpc) is 2.47. The molecule has 0 atom stereocenters. The number of ether oxygens (including phenoxy) is 1. The molecule has 0 saturated heterocycles. The van der Waals surface area contributed by atoms with E-state index in [2.05, 4.69) is 51.0 Å². The van der Waals surface area contributed by atoms with Gasteiger partial charge < -0.3 is 19.8 Å². The van der Waals surface area contributed by atoms with Gasteiger partial charge in [-0.2, -0.15) is 0 Å². The Labute approximate surface area is 137 Å². The number of aliphatic carboxylic acids is 2. The van der Waals surface area contributed by atoms with Gasteiger partial charge in [-0.15, -0.1) is 0 Å². The molecule has 0 spiro atoms. The molecule has 1 rings (SSSR count). The van der Waals surface area contributed by atoms with Gasteiger partial charge in [0.15, 0.2) is 0 Å². The van der Waals surface area contributed by atoms with Crippen molar-refractivity contribution >= 4 is 11.9 Å². The number of carboxylic acids is 2. The molecular formula is C17H27NO5. The van der Waals surface area contributed by atoms with Crippen LogP contribution in [0.25, 0.3) is 0 Å². The Morgan fingerprint density at radius 2 is 1.74 bits per heavy atom. The van der Waals surface area contributed by atoms with Gasteiger partial charge >= 0.3 is 11.9 Å². The third-order valence-electron chi connectivity index (χ3n) is 2.98. The summed E-state index contributed by atoms with van der Waals surface area (Å²) >= 11 is 0. The van der Waals surface area contributed by atoms with Gasteiger partial charge in [0, 0.05) is 0 Å². The van der Waals surface area contributed by atoms with Gasteiger partial charge in [0.25, 0.3) is 0 Å². The largest absolute Gasteiger partial charge is 0.494 e. The van der Waals surface area contributed by atoms with E-state index in [0.717, 1.165) is 25.3 Å². The summed E-state index contributed by atoms with van der Waals surface area (Å²) in [6.45, 7) is 6.36. The van der Waals surface area contributed by atoms with Gasteiger partial charge in [-0.25, -0.2) is 9.59 Å². The Kier molecular flexibility index (Phi) is 10.4. The first-order valence-electron chi connectivity index (χ1n) is 7.57.